The Hall–Kier alpha value is -1.60. The fourth-order valence-corrected chi connectivity index (χ4v) is 2.03. The SMILES string of the molecule is CC(C)(C)C(=O)Cc1ccc(-c2ccc(Cl)cc2)cc1. The lowest BCUT2D eigenvalue weighted by Crippen LogP contribution is -2.21. The van der Waals surface area contributed by atoms with E-state index in [1.807, 2.05) is 57.2 Å². The first-order chi connectivity index (χ1) is 9.36. The number of rotatable bonds is 3. The standard InChI is InChI=1S/C18H19ClO/c1-18(2,3)17(20)12-13-4-6-14(7-5-13)15-8-10-16(19)11-9-15/h4-11H,12H2,1-3H3. The molecule has 0 spiro atoms. The molecule has 0 N–H and O–H groups in total. The number of carbonyl (C=O) groups excluding carboxylic acids is 1. The maximum atomic E-state index is 12.0. The Morgan fingerprint density at radius 1 is 0.900 bits per heavy atom. The van der Waals surface area contributed by atoms with E-state index in [-0.39, 0.29) is 11.2 Å². The maximum Gasteiger partial charge on any atom is 0.142 e. The summed E-state index contributed by atoms with van der Waals surface area (Å²) in [5, 5.41) is 0.737. The molecule has 2 aromatic carbocycles. The van der Waals surface area contributed by atoms with Gasteiger partial charge in [-0.3, -0.25) is 4.79 Å². The highest BCUT2D eigenvalue weighted by Crippen LogP contribution is 2.23. The van der Waals surface area contributed by atoms with E-state index >= 15 is 0 Å². The summed E-state index contributed by atoms with van der Waals surface area (Å²) in [6, 6.07) is 15.9. The highest BCUT2D eigenvalue weighted by atomic mass is 35.5. The van der Waals surface area contributed by atoms with Crippen LogP contribution in [0.2, 0.25) is 5.02 Å². The minimum absolute atomic E-state index is 0.261. The molecule has 0 fully saturated rings. The second-order valence-electron chi connectivity index (χ2n) is 6.05. The van der Waals surface area contributed by atoms with Crippen molar-refractivity contribution in [3.63, 3.8) is 0 Å². The van der Waals surface area contributed by atoms with Gasteiger partial charge >= 0.3 is 0 Å². The van der Waals surface area contributed by atoms with Crippen LogP contribution in [-0.2, 0) is 11.2 Å². The number of ketones is 1. The predicted molar refractivity (Wildman–Crippen MR) is 85.1 cm³/mol. The summed E-state index contributed by atoms with van der Waals surface area (Å²) in [7, 11) is 0. The van der Waals surface area contributed by atoms with Gasteiger partial charge in [-0.1, -0.05) is 68.8 Å². The molecule has 1 nitrogen and oxygen atoms in total. The summed E-state index contributed by atoms with van der Waals surface area (Å²) in [5.41, 5.74) is 3.04. The minimum atomic E-state index is -0.283. The fraction of sp³-hybridized carbons (Fsp3) is 0.278. The Balaban J connectivity index is 2.14. The van der Waals surface area contributed by atoms with E-state index in [9.17, 15) is 4.79 Å². The Bertz CT molecular complexity index is 589. The zero-order valence-corrected chi connectivity index (χ0v) is 12.9. The van der Waals surface area contributed by atoms with Crippen LogP contribution < -0.4 is 0 Å². The van der Waals surface area contributed by atoms with Gasteiger partial charge in [-0.05, 0) is 28.8 Å². The molecule has 0 radical (unpaired) electrons. The summed E-state index contributed by atoms with van der Waals surface area (Å²) < 4.78 is 0. The number of hydrogen-bond donors (Lipinski definition) is 0. The Morgan fingerprint density at radius 2 is 1.35 bits per heavy atom. The Morgan fingerprint density at radius 3 is 1.80 bits per heavy atom. The van der Waals surface area contributed by atoms with Crippen LogP contribution in [0.5, 0.6) is 0 Å². The molecule has 0 atom stereocenters. The molecular weight excluding hydrogens is 268 g/mol. The van der Waals surface area contributed by atoms with Gasteiger partial charge in [-0.25, -0.2) is 0 Å². The second kappa shape index (κ2) is 5.80. The first-order valence-corrected chi connectivity index (χ1v) is 7.12. The molecule has 2 aromatic rings. The number of Topliss-reactive ketones (excluding diaryl/α,β-unsaturated/α-hetero) is 1. The van der Waals surface area contributed by atoms with Crippen molar-refractivity contribution in [1.82, 2.24) is 0 Å². The fourth-order valence-electron chi connectivity index (χ4n) is 1.91. The van der Waals surface area contributed by atoms with Gasteiger partial charge in [0.25, 0.3) is 0 Å². The van der Waals surface area contributed by atoms with Gasteiger partial charge in [0.1, 0.15) is 5.78 Å². The molecule has 0 unspecified atom stereocenters. The third-order valence-electron chi connectivity index (χ3n) is 3.33. The summed E-state index contributed by atoms with van der Waals surface area (Å²) >= 11 is 5.89. The van der Waals surface area contributed by atoms with Crippen LogP contribution in [0.1, 0.15) is 26.3 Å². The van der Waals surface area contributed by atoms with Crippen molar-refractivity contribution in [2.24, 2.45) is 5.41 Å². The molecule has 20 heavy (non-hydrogen) atoms. The quantitative estimate of drug-likeness (QED) is 0.761. The summed E-state index contributed by atoms with van der Waals surface area (Å²) in [5.74, 6) is 0.261. The van der Waals surface area contributed by atoms with Crippen molar-refractivity contribution < 1.29 is 4.79 Å². The average molecular weight is 287 g/mol. The molecule has 104 valence electrons. The van der Waals surface area contributed by atoms with Crippen molar-refractivity contribution in [3.05, 3.63) is 59.1 Å². The van der Waals surface area contributed by atoms with Gasteiger partial charge in [0.05, 0.1) is 0 Å². The first kappa shape index (κ1) is 14.8. The third-order valence-corrected chi connectivity index (χ3v) is 3.58. The number of hydrogen-bond acceptors (Lipinski definition) is 1. The second-order valence-corrected chi connectivity index (χ2v) is 6.49. The molecule has 0 aliphatic heterocycles. The molecule has 0 bridgehead atoms. The normalized spacial score (nSPS) is 11.4. The molecule has 0 amide bonds. The lowest BCUT2D eigenvalue weighted by atomic mass is 9.87. The lowest BCUT2D eigenvalue weighted by Gasteiger charge is -2.16. The maximum absolute atomic E-state index is 12.0. The first-order valence-electron chi connectivity index (χ1n) is 6.74. The van der Waals surface area contributed by atoms with Crippen LogP contribution in [0.25, 0.3) is 11.1 Å². The van der Waals surface area contributed by atoms with Crippen LogP contribution in [0.15, 0.2) is 48.5 Å². The largest absolute Gasteiger partial charge is 0.299 e. The number of halogens is 1. The summed E-state index contributed by atoms with van der Waals surface area (Å²) in [6.45, 7) is 5.87. The molecule has 0 aliphatic rings. The van der Waals surface area contributed by atoms with E-state index in [1.165, 1.54) is 0 Å². The van der Waals surface area contributed by atoms with Crippen LogP contribution in [0, 0.1) is 5.41 Å². The van der Waals surface area contributed by atoms with E-state index in [4.69, 9.17) is 11.6 Å². The average Bonchev–Trinajstić information content (AvgIpc) is 2.39. The highest BCUT2D eigenvalue weighted by molar-refractivity contribution is 6.30. The molecule has 0 aliphatic carbocycles. The van der Waals surface area contributed by atoms with Crippen LogP contribution >= 0.6 is 11.6 Å². The van der Waals surface area contributed by atoms with E-state index in [0.717, 1.165) is 21.7 Å². The van der Waals surface area contributed by atoms with Gasteiger partial charge in [-0.15, -0.1) is 0 Å². The molecule has 0 saturated heterocycles. The van der Waals surface area contributed by atoms with E-state index in [1.54, 1.807) is 0 Å². The van der Waals surface area contributed by atoms with Crippen molar-refractivity contribution in [1.29, 1.82) is 0 Å². The van der Waals surface area contributed by atoms with Crippen molar-refractivity contribution >= 4 is 17.4 Å². The van der Waals surface area contributed by atoms with Crippen LogP contribution in [0.3, 0.4) is 0 Å². The van der Waals surface area contributed by atoms with Gasteiger partial charge in [-0.2, -0.15) is 0 Å². The van der Waals surface area contributed by atoms with E-state index in [0.29, 0.717) is 6.42 Å². The monoisotopic (exact) mass is 286 g/mol. The number of carbonyl (C=O) groups is 1. The van der Waals surface area contributed by atoms with E-state index < -0.39 is 0 Å². The van der Waals surface area contributed by atoms with Gasteiger partial charge in [0.2, 0.25) is 0 Å². The molecule has 2 rings (SSSR count). The molecular formula is C18H19ClO. The third kappa shape index (κ3) is 3.71. The summed E-state index contributed by atoms with van der Waals surface area (Å²) in [4.78, 5) is 12.0. The van der Waals surface area contributed by atoms with Gasteiger partial charge in [0, 0.05) is 16.9 Å². The molecule has 0 heterocycles. The van der Waals surface area contributed by atoms with E-state index in [2.05, 4.69) is 12.1 Å². The van der Waals surface area contributed by atoms with Crippen molar-refractivity contribution in [2.45, 2.75) is 27.2 Å². The topological polar surface area (TPSA) is 17.1 Å². The Kier molecular flexibility index (Phi) is 4.29. The number of benzene rings is 2. The zero-order chi connectivity index (χ0) is 14.8. The van der Waals surface area contributed by atoms with Crippen LogP contribution in [-0.4, -0.2) is 5.78 Å². The Labute approximate surface area is 125 Å². The smallest absolute Gasteiger partial charge is 0.142 e. The van der Waals surface area contributed by atoms with Crippen LogP contribution in [0.4, 0.5) is 0 Å². The molecule has 0 aromatic heterocycles. The lowest BCUT2D eigenvalue weighted by molar-refractivity contribution is -0.125. The van der Waals surface area contributed by atoms with Crippen molar-refractivity contribution in [2.75, 3.05) is 0 Å². The molecule has 0 saturated carbocycles. The minimum Gasteiger partial charge on any atom is -0.299 e. The highest BCUT2D eigenvalue weighted by Gasteiger charge is 2.20. The summed E-state index contributed by atoms with van der Waals surface area (Å²) in [6.07, 6.45) is 0.490. The van der Waals surface area contributed by atoms with Crippen molar-refractivity contribution in [3.8, 4) is 11.1 Å². The van der Waals surface area contributed by atoms with Gasteiger partial charge < -0.3 is 0 Å². The molecule has 2 heteroatoms. The predicted octanol–water partition coefficient (Wildman–Crippen LogP) is 5.16. The zero-order valence-electron chi connectivity index (χ0n) is 12.1. The van der Waals surface area contributed by atoms with Gasteiger partial charge in [0.15, 0.2) is 0 Å².